The number of Topliss-reactive ketones (excluding diaryl/α,β-unsaturated/α-hetero) is 1. The van der Waals surface area contributed by atoms with Gasteiger partial charge in [-0.2, -0.15) is 0 Å². The summed E-state index contributed by atoms with van der Waals surface area (Å²) >= 11 is 0. The summed E-state index contributed by atoms with van der Waals surface area (Å²) < 4.78 is 10.6. The van der Waals surface area contributed by atoms with Gasteiger partial charge >= 0.3 is 5.97 Å². The van der Waals surface area contributed by atoms with Crippen LogP contribution in [-0.4, -0.2) is 66.5 Å². The second-order valence-electron chi connectivity index (χ2n) is 7.70. The molecule has 0 aromatic heterocycles. The van der Waals surface area contributed by atoms with Gasteiger partial charge in [-0.1, -0.05) is 19.1 Å². The standard InChI is InChI=1S/C24H26N2O5/c1-3-25-10-12-26(13-11-25)15-19-20(27)9-8-18-22(28)21(31-23(18)19)14-16-4-6-17(7-5-16)24(29)30-2/h4-9,14,27H,3,10-13,15H2,1-2H3/b21-14-. The van der Waals surface area contributed by atoms with Gasteiger partial charge in [-0.3, -0.25) is 9.69 Å². The van der Waals surface area contributed by atoms with Crippen LogP contribution >= 0.6 is 0 Å². The first-order valence-electron chi connectivity index (χ1n) is 10.4. The van der Waals surface area contributed by atoms with Crippen molar-refractivity contribution >= 4 is 17.8 Å². The number of likely N-dealkylation sites (N-methyl/N-ethyl adjacent to an activating group) is 1. The van der Waals surface area contributed by atoms with Crippen molar-refractivity contribution in [2.24, 2.45) is 0 Å². The Bertz CT molecular complexity index is 1020. The summed E-state index contributed by atoms with van der Waals surface area (Å²) in [7, 11) is 1.33. The van der Waals surface area contributed by atoms with E-state index in [4.69, 9.17) is 9.47 Å². The van der Waals surface area contributed by atoms with E-state index < -0.39 is 5.97 Å². The van der Waals surface area contributed by atoms with Crippen LogP contribution in [0.25, 0.3) is 6.08 Å². The molecule has 0 amide bonds. The summed E-state index contributed by atoms with van der Waals surface area (Å²) in [4.78, 5) is 29.1. The number of benzene rings is 2. The lowest BCUT2D eigenvalue weighted by molar-refractivity contribution is 0.0600. The molecule has 1 fully saturated rings. The number of esters is 1. The third-order valence-electron chi connectivity index (χ3n) is 5.84. The molecular weight excluding hydrogens is 396 g/mol. The SMILES string of the molecule is CCN1CCN(Cc2c(O)ccc3c2O/C(=C\c2ccc(C(=O)OC)cc2)C3=O)CC1. The molecule has 0 aliphatic carbocycles. The highest BCUT2D eigenvalue weighted by atomic mass is 16.5. The average Bonchev–Trinajstić information content (AvgIpc) is 3.11. The van der Waals surface area contributed by atoms with Gasteiger partial charge in [0.05, 0.1) is 23.8 Å². The fourth-order valence-electron chi connectivity index (χ4n) is 3.92. The maximum absolute atomic E-state index is 12.9. The summed E-state index contributed by atoms with van der Waals surface area (Å²) in [5.74, 6) is 0.126. The fraction of sp³-hybridized carbons (Fsp3) is 0.333. The average molecular weight is 422 g/mol. The Morgan fingerprint density at radius 1 is 1.10 bits per heavy atom. The van der Waals surface area contributed by atoms with Crippen molar-refractivity contribution in [2.75, 3.05) is 39.8 Å². The van der Waals surface area contributed by atoms with Gasteiger partial charge in [-0.05, 0) is 42.4 Å². The lowest BCUT2D eigenvalue weighted by Crippen LogP contribution is -2.45. The fourth-order valence-corrected chi connectivity index (χ4v) is 3.92. The van der Waals surface area contributed by atoms with Gasteiger partial charge in [0.1, 0.15) is 11.5 Å². The molecule has 1 N–H and O–H groups in total. The number of phenolic OH excluding ortho intramolecular Hbond substituents is 1. The number of aromatic hydroxyl groups is 1. The van der Waals surface area contributed by atoms with E-state index in [0.29, 0.717) is 29.0 Å². The van der Waals surface area contributed by atoms with E-state index in [1.807, 2.05) is 0 Å². The van der Waals surface area contributed by atoms with E-state index in [1.54, 1.807) is 42.5 Å². The molecule has 0 bridgehead atoms. The molecule has 0 saturated carbocycles. The number of carbonyl (C=O) groups is 2. The number of nitrogens with zero attached hydrogens (tertiary/aromatic N) is 2. The van der Waals surface area contributed by atoms with Gasteiger partial charge in [0, 0.05) is 32.7 Å². The summed E-state index contributed by atoms with van der Waals surface area (Å²) in [6, 6.07) is 9.89. The number of ketones is 1. The van der Waals surface area contributed by atoms with Crippen LogP contribution in [0.15, 0.2) is 42.2 Å². The van der Waals surface area contributed by atoms with Crippen molar-refractivity contribution < 1.29 is 24.2 Å². The van der Waals surface area contributed by atoms with Crippen molar-refractivity contribution in [3.05, 3.63) is 64.4 Å². The second-order valence-corrected chi connectivity index (χ2v) is 7.70. The predicted molar refractivity (Wildman–Crippen MR) is 116 cm³/mol. The minimum atomic E-state index is -0.417. The first-order chi connectivity index (χ1) is 15.0. The van der Waals surface area contributed by atoms with Gasteiger partial charge < -0.3 is 19.5 Å². The summed E-state index contributed by atoms with van der Waals surface area (Å²) in [6.07, 6.45) is 1.64. The van der Waals surface area contributed by atoms with Gasteiger partial charge in [0.25, 0.3) is 0 Å². The summed E-state index contributed by atoms with van der Waals surface area (Å²) in [5.41, 5.74) is 2.25. The Labute approximate surface area is 181 Å². The minimum Gasteiger partial charge on any atom is -0.507 e. The molecule has 2 aromatic carbocycles. The van der Waals surface area contributed by atoms with Gasteiger partial charge in [-0.15, -0.1) is 0 Å². The quantitative estimate of drug-likeness (QED) is 0.586. The van der Waals surface area contributed by atoms with Crippen LogP contribution < -0.4 is 4.74 Å². The van der Waals surface area contributed by atoms with E-state index in [2.05, 4.69) is 16.7 Å². The second kappa shape index (κ2) is 8.91. The normalized spacial score (nSPS) is 18.1. The smallest absolute Gasteiger partial charge is 0.337 e. The molecule has 162 valence electrons. The van der Waals surface area contributed by atoms with E-state index >= 15 is 0 Å². The third-order valence-corrected chi connectivity index (χ3v) is 5.84. The Balaban J connectivity index is 1.55. The van der Waals surface area contributed by atoms with Crippen molar-refractivity contribution in [3.8, 4) is 11.5 Å². The molecule has 0 atom stereocenters. The maximum atomic E-state index is 12.9. The van der Waals surface area contributed by atoms with E-state index in [1.165, 1.54) is 7.11 Å². The van der Waals surface area contributed by atoms with Crippen LogP contribution in [0.3, 0.4) is 0 Å². The zero-order valence-corrected chi connectivity index (χ0v) is 17.8. The molecule has 2 aromatic rings. The highest BCUT2D eigenvalue weighted by Crippen LogP contribution is 2.40. The Kier molecular flexibility index (Phi) is 6.06. The lowest BCUT2D eigenvalue weighted by Gasteiger charge is -2.34. The number of ether oxygens (including phenoxy) is 2. The number of phenols is 1. The first-order valence-corrected chi connectivity index (χ1v) is 10.4. The molecule has 2 aliphatic heterocycles. The zero-order valence-electron chi connectivity index (χ0n) is 17.8. The van der Waals surface area contributed by atoms with Crippen molar-refractivity contribution in [1.29, 1.82) is 0 Å². The minimum absolute atomic E-state index is 0.133. The summed E-state index contributed by atoms with van der Waals surface area (Å²) in [6.45, 7) is 7.49. The van der Waals surface area contributed by atoms with Gasteiger partial charge in [-0.25, -0.2) is 4.79 Å². The molecule has 0 radical (unpaired) electrons. The number of hydrogen-bond acceptors (Lipinski definition) is 7. The Morgan fingerprint density at radius 2 is 1.77 bits per heavy atom. The Hall–Kier alpha value is -3.16. The van der Waals surface area contributed by atoms with Crippen molar-refractivity contribution in [2.45, 2.75) is 13.5 Å². The maximum Gasteiger partial charge on any atom is 0.337 e. The number of piperazine rings is 1. The predicted octanol–water partition coefficient (Wildman–Crippen LogP) is 2.93. The summed E-state index contributed by atoms with van der Waals surface area (Å²) in [5, 5.41) is 10.5. The first kappa shape index (κ1) is 21.1. The van der Waals surface area contributed by atoms with E-state index in [9.17, 15) is 14.7 Å². The van der Waals surface area contributed by atoms with E-state index in [-0.39, 0.29) is 17.3 Å². The number of hydrogen-bond donors (Lipinski definition) is 1. The zero-order chi connectivity index (χ0) is 22.0. The van der Waals surface area contributed by atoms with E-state index in [0.717, 1.165) is 38.3 Å². The molecule has 2 aliphatic rings. The van der Waals surface area contributed by atoms with Gasteiger partial charge in [0.2, 0.25) is 5.78 Å². The van der Waals surface area contributed by atoms with Crippen LogP contribution in [0.5, 0.6) is 11.5 Å². The largest absolute Gasteiger partial charge is 0.507 e. The molecule has 7 heteroatoms. The molecule has 0 unspecified atom stereocenters. The van der Waals surface area contributed by atoms with Crippen LogP contribution in [0.2, 0.25) is 0 Å². The van der Waals surface area contributed by atoms with Crippen LogP contribution in [0.1, 0.15) is 38.8 Å². The number of rotatable bonds is 5. The molecule has 0 spiro atoms. The molecule has 2 heterocycles. The highest BCUT2D eigenvalue weighted by molar-refractivity contribution is 6.15. The lowest BCUT2D eigenvalue weighted by atomic mass is 10.0. The number of methoxy groups -OCH3 is 1. The van der Waals surface area contributed by atoms with Crippen LogP contribution in [0, 0.1) is 0 Å². The van der Waals surface area contributed by atoms with Crippen LogP contribution in [0.4, 0.5) is 0 Å². The third kappa shape index (κ3) is 4.33. The van der Waals surface area contributed by atoms with Crippen LogP contribution in [-0.2, 0) is 11.3 Å². The van der Waals surface area contributed by atoms with Gasteiger partial charge in [0.15, 0.2) is 5.76 Å². The monoisotopic (exact) mass is 422 g/mol. The molecule has 31 heavy (non-hydrogen) atoms. The number of fused-ring (bicyclic) bond motifs is 1. The van der Waals surface area contributed by atoms with Crippen molar-refractivity contribution in [3.63, 3.8) is 0 Å². The number of carbonyl (C=O) groups excluding carboxylic acids is 2. The molecule has 1 saturated heterocycles. The van der Waals surface area contributed by atoms with Crippen molar-refractivity contribution in [1.82, 2.24) is 9.80 Å². The molecule has 4 rings (SSSR count). The molecular formula is C24H26N2O5. The highest BCUT2D eigenvalue weighted by Gasteiger charge is 2.32. The molecule has 7 nitrogen and oxygen atoms in total. The Morgan fingerprint density at radius 3 is 2.42 bits per heavy atom. The topological polar surface area (TPSA) is 79.3 Å². The number of allylic oxidation sites excluding steroid dienone is 1.